The van der Waals surface area contributed by atoms with Crippen molar-refractivity contribution in [1.29, 1.82) is 0 Å². The van der Waals surface area contributed by atoms with E-state index in [9.17, 15) is 4.79 Å². The molecule has 1 aromatic carbocycles. The van der Waals surface area contributed by atoms with Gasteiger partial charge in [0, 0.05) is 18.8 Å². The normalized spacial score (nSPS) is 26.8. The third-order valence-corrected chi connectivity index (χ3v) is 4.19. The zero-order chi connectivity index (χ0) is 13.8. The highest BCUT2D eigenvalue weighted by atomic mass is 16.1. The Balaban J connectivity index is 2.04. The third-order valence-electron chi connectivity index (χ3n) is 4.19. The summed E-state index contributed by atoms with van der Waals surface area (Å²) in [4.78, 5) is 12.4. The molecule has 0 aromatic heterocycles. The Morgan fingerprint density at radius 3 is 2.63 bits per heavy atom. The Kier molecular flexibility index (Phi) is 4.46. The van der Waals surface area contributed by atoms with E-state index in [2.05, 4.69) is 24.5 Å². The topological polar surface area (TPSA) is 41.1 Å². The van der Waals surface area contributed by atoms with Crippen LogP contribution >= 0.6 is 0 Å². The number of amides is 1. The fraction of sp³-hybridized carbons (Fsp3) is 0.562. The van der Waals surface area contributed by atoms with E-state index < -0.39 is 0 Å². The molecule has 1 fully saturated rings. The lowest BCUT2D eigenvalue weighted by atomic mass is 9.80. The van der Waals surface area contributed by atoms with Crippen molar-refractivity contribution in [2.75, 3.05) is 12.4 Å². The molecule has 0 spiro atoms. The molecule has 1 amide bonds. The maximum absolute atomic E-state index is 12.4. The zero-order valence-electron chi connectivity index (χ0n) is 12.1. The number of benzene rings is 1. The largest absolute Gasteiger partial charge is 0.387 e. The van der Waals surface area contributed by atoms with Crippen LogP contribution in [0, 0.1) is 11.8 Å². The molecule has 19 heavy (non-hydrogen) atoms. The third kappa shape index (κ3) is 3.28. The van der Waals surface area contributed by atoms with Crippen LogP contribution in [0.15, 0.2) is 24.3 Å². The SMILES string of the molecule is CNc1ccccc1C(=O)NC1CCC(C)CC1C. The van der Waals surface area contributed by atoms with E-state index in [1.165, 1.54) is 12.8 Å². The van der Waals surface area contributed by atoms with Gasteiger partial charge < -0.3 is 10.6 Å². The summed E-state index contributed by atoms with van der Waals surface area (Å²) < 4.78 is 0. The predicted octanol–water partition coefficient (Wildman–Crippen LogP) is 3.28. The summed E-state index contributed by atoms with van der Waals surface area (Å²) in [5.41, 5.74) is 1.62. The summed E-state index contributed by atoms with van der Waals surface area (Å²) in [5.74, 6) is 1.39. The maximum Gasteiger partial charge on any atom is 0.253 e. The van der Waals surface area contributed by atoms with Crippen LogP contribution in [0.1, 0.15) is 43.5 Å². The van der Waals surface area contributed by atoms with Gasteiger partial charge in [-0.05, 0) is 43.2 Å². The van der Waals surface area contributed by atoms with E-state index in [1.54, 1.807) is 0 Å². The standard InChI is InChI=1S/C16H24N2O/c1-11-8-9-14(12(2)10-11)18-16(19)13-6-4-5-7-15(13)17-3/h4-7,11-12,14,17H,8-10H2,1-3H3,(H,18,19). The van der Waals surface area contributed by atoms with Gasteiger partial charge in [0.1, 0.15) is 0 Å². The van der Waals surface area contributed by atoms with Crippen LogP contribution in [0.25, 0.3) is 0 Å². The molecule has 0 radical (unpaired) electrons. The lowest BCUT2D eigenvalue weighted by molar-refractivity contribution is 0.0900. The Morgan fingerprint density at radius 1 is 1.21 bits per heavy atom. The first-order chi connectivity index (χ1) is 9.11. The Hall–Kier alpha value is -1.51. The minimum atomic E-state index is 0.0383. The first-order valence-electron chi connectivity index (χ1n) is 7.19. The van der Waals surface area contributed by atoms with Crippen LogP contribution in [0.5, 0.6) is 0 Å². The number of anilines is 1. The lowest BCUT2D eigenvalue weighted by Gasteiger charge is -2.33. The molecule has 0 aliphatic heterocycles. The molecular formula is C16H24N2O. The molecule has 104 valence electrons. The minimum Gasteiger partial charge on any atom is -0.387 e. The second-order valence-electron chi connectivity index (χ2n) is 5.77. The summed E-state index contributed by atoms with van der Waals surface area (Å²) in [5, 5.41) is 6.27. The average Bonchev–Trinajstić information content (AvgIpc) is 2.41. The molecule has 3 nitrogen and oxygen atoms in total. The Morgan fingerprint density at radius 2 is 1.95 bits per heavy atom. The van der Waals surface area contributed by atoms with Crippen LogP contribution in [-0.4, -0.2) is 19.0 Å². The minimum absolute atomic E-state index is 0.0383. The first-order valence-corrected chi connectivity index (χ1v) is 7.19. The molecule has 1 saturated carbocycles. The number of carbonyl (C=O) groups excluding carboxylic acids is 1. The molecule has 2 N–H and O–H groups in total. The molecule has 2 rings (SSSR count). The fourth-order valence-corrected chi connectivity index (χ4v) is 3.03. The number of hydrogen-bond donors (Lipinski definition) is 2. The molecule has 0 bridgehead atoms. The number of nitrogens with one attached hydrogen (secondary N) is 2. The average molecular weight is 260 g/mol. The molecule has 1 aromatic rings. The van der Waals surface area contributed by atoms with Crippen LogP contribution in [-0.2, 0) is 0 Å². The van der Waals surface area contributed by atoms with Crippen LogP contribution in [0.2, 0.25) is 0 Å². The molecule has 1 aliphatic rings. The monoisotopic (exact) mass is 260 g/mol. The van der Waals surface area contributed by atoms with Crippen molar-refractivity contribution in [3.63, 3.8) is 0 Å². The van der Waals surface area contributed by atoms with Crippen molar-refractivity contribution < 1.29 is 4.79 Å². The van der Waals surface area contributed by atoms with Crippen molar-refractivity contribution in [3.8, 4) is 0 Å². The zero-order valence-corrected chi connectivity index (χ0v) is 12.1. The van der Waals surface area contributed by atoms with Gasteiger partial charge in [-0.1, -0.05) is 26.0 Å². The van der Waals surface area contributed by atoms with Crippen molar-refractivity contribution in [3.05, 3.63) is 29.8 Å². The number of carbonyl (C=O) groups is 1. The summed E-state index contributed by atoms with van der Waals surface area (Å²) in [6.45, 7) is 4.54. The summed E-state index contributed by atoms with van der Waals surface area (Å²) in [6.07, 6.45) is 3.51. The van der Waals surface area contributed by atoms with Gasteiger partial charge in [0.2, 0.25) is 0 Å². The van der Waals surface area contributed by atoms with E-state index in [0.717, 1.165) is 23.6 Å². The van der Waals surface area contributed by atoms with Crippen molar-refractivity contribution in [1.82, 2.24) is 5.32 Å². The van der Waals surface area contributed by atoms with E-state index in [-0.39, 0.29) is 5.91 Å². The van der Waals surface area contributed by atoms with Gasteiger partial charge in [-0.2, -0.15) is 0 Å². The number of para-hydroxylation sites is 1. The van der Waals surface area contributed by atoms with Crippen molar-refractivity contribution in [2.24, 2.45) is 11.8 Å². The quantitative estimate of drug-likeness (QED) is 0.875. The maximum atomic E-state index is 12.4. The molecule has 3 heteroatoms. The second-order valence-corrected chi connectivity index (χ2v) is 5.77. The fourth-order valence-electron chi connectivity index (χ4n) is 3.03. The lowest BCUT2D eigenvalue weighted by Crippen LogP contribution is -2.42. The van der Waals surface area contributed by atoms with Crippen LogP contribution in [0.4, 0.5) is 5.69 Å². The second kappa shape index (κ2) is 6.09. The predicted molar refractivity (Wildman–Crippen MR) is 79.4 cm³/mol. The van der Waals surface area contributed by atoms with Gasteiger partial charge in [0.05, 0.1) is 5.56 Å². The first kappa shape index (κ1) is 13.9. The van der Waals surface area contributed by atoms with E-state index in [1.807, 2.05) is 31.3 Å². The van der Waals surface area contributed by atoms with Gasteiger partial charge in [-0.25, -0.2) is 0 Å². The van der Waals surface area contributed by atoms with Gasteiger partial charge >= 0.3 is 0 Å². The highest BCUT2D eigenvalue weighted by Crippen LogP contribution is 2.29. The number of hydrogen-bond acceptors (Lipinski definition) is 2. The Bertz CT molecular complexity index is 444. The smallest absolute Gasteiger partial charge is 0.253 e. The van der Waals surface area contributed by atoms with Crippen LogP contribution in [0.3, 0.4) is 0 Å². The summed E-state index contributed by atoms with van der Waals surface area (Å²) in [6, 6.07) is 7.96. The molecule has 3 atom stereocenters. The van der Waals surface area contributed by atoms with Gasteiger partial charge in [-0.15, -0.1) is 0 Å². The van der Waals surface area contributed by atoms with Crippen LogP contribution < -0.4 is 10.6 Å². The van der Waals surface area contributed by atoms with E-state index >= 15 is 0 Å². The van der Waals surface area contributed by atoms with E-state index in [0.29, 0.717) is 12.0 Å². The van der Waals surface area contributed by atoms with Crippen molar-refractivity contribution in [2.45, 2.75) is 39.2 Å². The summed E-state index contributed by atoms with van der Waals surface area (Å²) >= 11 is 0. The molecule has 0 heterocycles. The van der Waals surface area contributed by atoms with Gasteiger partial charge in [0.15, 0.2) is 0 Å². The van der Waals surface area contributed by atoms with Gasteiger partial charge in [-0.3, -0.25) is 4.79 Å². The highest BCUT2D eigenvalue weighted by Gasteiger charge is 2.27. The highest BCUT2D eigenvalue weighted by molar-refractivity contribution is 5.99. The van der Waals surface area contributed by atoms with Gasteiger partial charge in [0.25, 0.3) is 5.91 Å². The molecule has 3 unspecified atom stereocenters. The summed E-state index contributed by atoms with van der Waals surface area (Å²) in [7, 11) is 1.84. The molecule has 1 aliphatic carbocycles. The molecular weight excluding hydrogens is 236 g/mol. The van der Waals surface area contributed by atoms with E-state index in [4.69, 9.17) is 0 Å². The Labute approximate surface area is 115 Å². The molecule has 0 saturated heterocycles. The van der Waals surface area contributed by atoms with Crippen molar-refractivity contribution >= 4 is 11.6 Å². The number of rotatable bonds is 3.